The standard InChI is InChI=1S/C11H15N5/c12-4-8-1-2-9(3-8)16-7-15-10-5-13-6-14-11(10)16/h5-9H,1-4,12H2/t8-,9+/m1/s1. The molecule has 0 aromatic carbocycles. The first-order valence-corrected chi connectivity index (χ1v) is 5.71. The molecule has 0 saturated heterocycles. The highest BCUT2D eigenvalue weighted by molar-refractivity contribution is 5.69. The van der Waals surface area contributed by atoms with E-state index in [1.807, 2.05) is 6.33 Å². The zero-order chi connectivity index (χ0) is 11.0. The van der Waals surface area contributed by atoms with Crippen LogP contribution in [-0.2, 0) is 0 Å². The third-order valence-electron chi connectivity index (χ3n) is 3.48. The molecule has 2 heterocycles. The van der Waals surface area contributed by atoms with Crippen molar-refractivity contribution in [3.05, 3.63) is 18.9 Å². The maximum Gasteiger partial charge on any atom is 0.163 e. The highest BCUT2D eigenvalue weighted by Crippen LogP contribution is 2.35. The van der Waals surface area contributed by atoms with Crippen molar-refractivity contribution < 1.29 is 0 Å². The van der Waals surface area contributed by atoms with Crippen molar-refractivity contribution in [1.82, 2.24) is 19.5 Å². The first-order valence-electron chi connectivity index (χ1n) is 5.71. The summed E-state index contributed by atoms with van der Waals surface area (Å²) in [5, 5.41) is 0. The predicted molar refractivity (Wildman–Crippen MR) is 60.8 cm³/mol. The van der Waals surface area contributed by atoms with Crippen LogP contribution >= 0.6 is 0 Å². The summed E-state index contributed by atoms with van der Waals surface area (Å²) in [4.78, 5) is 12.6. The lowest BCUT2D eigenvalue weighted by Crippen LogP contribution is -2.12. The zero-order valence-corrected chi connectivity index (χ0v) is 9.08. The second-order valence-electron chi connectivity index (χ2n) is 4.45. The Labute approximate surface area is 93.7 Å². The van der Waals surface area contributed by atoms with Gasteiger partial charge >= 0.3 is 0 Å². The average Bonchev–Trinajstić information content (AvgIpc) is 2.94. The molecule has 0 bridgehead atoms. The lowest BCUT2D eigenvalue weighted by molar-refractivity contribution is 0.488. The zero-order valence-electron chi connectivity index (χ0n) is 9.08. The Morgan fingerprint density at radius 1 is 1.38 bits per heavy atom. The summed E-state index contributed by atoms with van der Waals surface area (Å²) < 4.78 is 2.17. The largest absolute Gasteiger partial charge is 0.330 e. The minimum absolute atomic E-state index is 0.508. The van der Waals surface area contributed by atoms with Gasteiger partial charge in [-0.05, 0) is 31.7 Å². The van der Waals surface area contributed by atoms with Gasteiger partial charge in [0, 0.05) is 6.04 Å². The molecular formula is C11H15N5. The number of fused-ring (bicyclic) bond motifs is 1. The number of hydrogen-bond acceptors (Lipinski definition) is 4. The third-order valence-corrected chi connectivity index (χ3v) is 3.48. The van der Waals surface area contributed by atoms with Gasteiger partial charge in [-0.25, -0.2) is 15.0 Å². The van der Waals surface area contributed by atoms with Gasteiger partial charge in [0.05, 0.1) is 12.5 Å². The fourth-order valence-electron chi connectivity index (χ4n) is 2.57. The van der Waals surface area contributed by atoms with Crippen molar-refractivity contribution in [1.29, 1.82) is 0 Å². The molecule has 2 N–H and O–H groups in total. The van der Waals surface area contributed by atoms with Crippen molar-refractivity contribution in [3.8, 4) is 0 Å². The third kappa shape index (κ3) is 1.48. The van der Waals surface area contributed by atoms with Crippen LogP contribution in [0.4, 0.5) is 0 Å². The highest BCUT2D eigenvalue weighted by Gasteiger charge is 2.26. The molecule has 3 rings (SSSR count). The Morgan fingerprint density at radius 2 is 2.31 bits per heavy atom. The maximum atomic E-state index is 5.71. The van der Waals surface area contributed by atoms with Gasteiger partial charge in [0.15, 0.2) is 5.65 Å². The van der Waals surface area contributed by atoms with Gasteiger partial charge in [0.2, 0.25) is 0 Å². The fraction of sp³-hybridized carbons (Fsp3) is 0.545. The minimum Gasteiger partial charge on any atom is -0.330 e. The molecule has 0 amide bonds. The van der Waals surface area contributed by atoms with E-state index >= 15 is 0 Å². The molecule has 0 aliphatic heterocycles. The number of nitrogens with two attached hydrogens (primary N) is 1. The Bertz CT molecular complexity index is 492. The van der Waals surface area contributed by atoms with Crippen LogP contribution in [-0.4, -0.2) is 26.1 Å². The van der Waals surface area contributed by atoms with E-state index < -0.39 is 0 Å². The van der Waals surface area contributed by atoms with Crippen molar-refractivity contribution >= 4 is 11.2 Å². The molecule has 0 spiro atoms. The van der Waals surface area contributed by atoms with Gasteiger partial charge in [0.1, 0.15) is 11.8 Å². The highest BCUT2D eigenvalue weighted by atomic mass is 15.1. The first-order chi connectivity index (χ1) is 7.88. The van der Waals surface area contributed by atoms with Crippen molar-refractivity contribution in [2.24, 2.45) is 11.7 Å². The van der Waals surface area contributed by atoms with Crippen LogP contribution in [0.1, 0.15) is 25.3 Å². The summed E-state index contributed by atoms with van der Waals surface area (Å²) in [6.45, 7) is 0.790. The van der Waals surface area contributed by atoms with Crippen LogP contribution in [0.15, 0.2) is 18.9 Å². The summed E-state index contributed by atoms with van der Waals surface area (Å²) >= 11 is 0. The molecule has 2 atom stereocenters. The average molecular weight is 217 g/mol. The number of nitrogens with zero attached hydrogens (tertiary/aromatic N) is 4. The van der Waals surface area contributed by atoms with E-state index in [-0.39, 0.29) is 0 Å². The lowest BCUT2D eigenvalue weighted by Gasteiger charge is -2.12. The molecule has 1 aliphatic rings. The monoisotopic (exact) mass is 217 g/mol. The Balaban J connectivity index is 1.95. The van der Waals surface area contributed by atoms with Gasteiger partial charge in [-0.15, -0.1) is 0 Å². The topological polar surface area (TPSA) is 69.6 Å². The molecule has 2 aromatic rings. The van der Waals surface area contributed by atoms with Crippen molar-refractivity contribution in [2.75, 3.05) is 6.54 Å². The number of rotatable bonds is 2. The fourth-order valence-corrected chi connectivity index (χ4v) is 2.57. The van der Waals surface area contributed by atoms with Gasteiger partial charge < -0.3 is 10.3 Å². The summed E-state index contributed by atoms with van der Waals surface area (Å²) in [5.74, 6) is 0.657. The summed E-state index contributed by atoms with van der Waals surface area (Å²) in [6.07, 6.45) is 8.75. The van der Waals surface area contributed by atoms with E-state index in [0.29, 0.717) is 12.0 Å². The van der Waals surface area contributed by atoms with E-state index in [0.717, 1.165) is 24.1 Å². The molecular weight excluding hydrogens is 202 g/mol. The molecule has 1 saturated carbocycles. The van der Waals surface area contributed by atoms with Crippen LogP contribution in [0.2, 0.25) is 0 Å². The lowest BCUT2D eigenvalue weighted by atomic mass is 10.1. The Hall–Kier alpha value is -1.49. The molecule has 16 heavy (non-hydrogen) atoms. The predicted octanol–water partition coefficient (Wildman–Crippen LogP) is 1.13. The van der Waals surface area contributed by atoms with Gasteiger partial charge in [-0.3, -0.25) is 0 Å². The van der Waals surface area contributed by atoms with Crippen molar-refractivity contribution in [2.45, 2.75) is 25.3 Å². The molecule has 0 unspecified atom stereocenters. The molecule has 1 aliphatic carbocycles. The minimum atomic E-state index is 0.508. The Morgan fingerprint density at radius 3 is 3.12 bits per heavy atom. The number of hydrogen-bond donors (Lipinski definition) is 1. The smallest absolute Gasteiger partial charge is 0.163 e. The molecule has 1 fully saturated rings. The van der Waals surface area contributed by atoms with E-state index in [2.05, 4.69) is 19.5 Å². The second kappa shape index (κ2) is 3.83. The first kappa shape index (κ1) is 9.72. The maximum absolute atomic E-state index is 5.71. The second-order valence-corrected chi connectivity index (χ2v) is 4.45. The van der Waals surface area contributed by atoms with Gasteiger partial charge in [-0.1, -0.05) is 0 Å². The molecule has 5 heteroatoms. The SMILES string of the molecule is NC[C@@H]1CC[C@H](n2cnc3cncnc32)C1. The van der Waals surface area contributed by atoms with Crippen LogP contribution in [0.25, 0.3) is 11.2 Å². The van der Waals surface area contributed by atoms with E-state index in [4.69, 9.17) is 5.73 Å². The molecule has 2 aromatic heterocycles. The van der Waals surface area contributed by atoms with Crippen LogP contribution in [0.3, 0.4) is 0 Å². The number of aromatic nitrogens is 4. The number of imidazole rings is 1. The van der Waals surface area contributed by atoms with Gasteiger partial charge in [0.25, 0.3) is 0 Å². The van der Waals surface area contributed by atoms with E-state index in [1.165, 1.54) is 12.8 Å². The quantitative estimate of drug-likeness (QED) is 0.818. The van der Waals surface area contributed by atoms with Gasteiger partial charge in [-0.2, -0.15) is 0 Å². The van der Waals surface area contributed by atoms with Crippen molar-refractivity contribution in [3.63, 3.8) is 0 Å². The van der Waals surface area contributed by atoms with Crippen LogP contribution < -0.4 is 5.73 Å². The molecule has 5 nitrogen and oxygen atoms in total. The molecule has 84 valence electrons. The van der Waals surface area contributed by atoms with E-state index in [1.54, 1.807) is 12.5 Å². The summed E-state index contributed by atoms with van der Waals surface area (Å²) in [6, 6.07) is 0.508. The molecule has 0 radical (unpaired) electrons. The summed E-state index contributed by atoms with van der Waals surface area (Å²) in [5.41, 5.74) is 7.53. The van der Waals surface area contributed by atoms with Crippen LogP contribution in [0, 0.1) is 5.92 Å². The summed E-state index contributed by atoms with van der Waals surface area (Å²) in [7, 11) is 0. The van der Waals surface area contributed by atoms with Crippen LogP contribution in [0.5, 0.6) is 0 Å². The van der Waals surface area contributed by atoms with E-state index in [9.17, 15) is 0 Å². The normalized spacial score (nSPS) is 25.3. The Kier molecular flexibility index (Phi) is 2.32.